The Labute approximate surface area is 147 Å². The number of carbonyl (C=O) groups is 1. The Hall–Kier alpha value is -2.61. The maximum atomic E-state index is 12.9. The van der Waals surface area contributed by atoms with E-state index in [1.165, 1.54) is 12.1 Å². The summed E-state index contributed by atoms with van der Waals surface area (Å²) in [5.74, 6) is -2.26. The van der Waals surface area contributed by atoms with Crippen LogP contribution in [0.4, 0.5) is 24.5 Å². The van der Waals surface area contributed by atoms with Gasteiger partial charge in [0.25, 0.3) is 5.78 Å². The van der Waals surface area contributed by atoms with Gasteiger partial charge in [-0.1, -0.05) is 28.1 Å². The lowest BCUT2D eigenvalue weighted by molar-refractivity contribution is -0.0886. The SMILES string of the molecule is O=C(c1c(Nc2ccc(Br)cc2)c2ccccc2oc1=O)C(F)(F)F. The number of carbonyl (C=O) groups excluding carboxylic acids is 1. The van der Waals surface area contributed by atoms with Crippen LogP contribution < -0.4 is 10.9 Å². The molecule has 0 saturated heterocycles. The van der Waals surface area contributed by atoms with Crippen LogP contribution in [-0.2, 0) is 0 Å². The summed E-state index contributed by atoms with van der Waals surface area (Å²) in [5, 5.41) is 2.93. The van der Waals surface area contributed by atoms with Gasteiger partial charge in [0.2, 0.25) is 0 Å². The van der Waals surface area contributed by atoms with Gasteiger partial charge in [-0.05, 0) is 36.4 Å². The molecule has 1 heterocycles. The van der Waals surface area contributed by atoms with E-state index in [1.807, 2.05) is 0 Å². The summed E-state index contributed by atoms with van der Waals surface area (Å²) < 4.78 is 44.4. The quantitative estimate of drug-likeness (QED) is 0.484. The molecule has 2 aromatic carbocycles. The first-order valence-electron chi connectivity index (χ1n) is 6.97. The number of nitrogens with one attached hydrogen (secondary N) is 1. The van der Waals surface area contributed by atoms with Crippen molar-refractivity contribution in [1.82, 2.24) is 0 Å². The van der Waals surface area contributed by atoms with Gasteiger partial charge in [-0.15, -0.1) is 0 Å². The standard InChI is InChI=1S/C17H9BrF3NO3/c18-9-5-7-10(8-6-9)22-14-11-3-1-2-4-12(11)25-16(24)13(14)15(23)17(19,20)21/h1-8,22H. The molecule has 0 unspecified atom stereocenters. The first-order chi connectivity index (χ1) is 11.8. The van der Waals surface area contributed by atoms with Crippen molar-refractivity contribution >= 4 is 44.1 Å². The fraction of sp³-hybridized carbons (Fsp3) is 0.0588. The fourth-order valence-electron chi connectivity index (χ4n) is 2.31. The van der Waals surface area contributed by atoms with Crippen molar-refractivity contribution in [2.45, 2.75) is 6.18 Å². The first-order valence-corrected chi connectivity index (χ1v) is 7.76. The van der Waals surface area contributed by atoms with E-state index >= 15 is 0 Å². The zero-order valence-electron chi connectivity index (χ0n) is 12.4. The highest BCUT2D eigenvalue weighted by atomic mass is 79.9. The Morgan fingerprint density at radius 3 is 2.32 bits per heavy atom. The van der Waals surface area contributed by atoms with Crippen LogP contribution in [0.1, 0.15) is 10.4 Å². The van der Waals surface area contributed by atoms with Gasteiger partial charge in [-0.3, -0.25) is 4.79 Å². The molecule has 0 radical (unpaired) electrons. The van der Waals surface area contributed by atoms with E-state index < -0.39 is 23.1 Å². The van der Waals surface area contributed by atoms with Crippen molar-refractivity contribution in [1.29, 1.82) is 0 Å². The van der Waals surface area contributed by atoms with Crippen LogP contribution in [0.15, 0.2) is 62.2 Å². The molecule has 3 aromatic rings. The summed E-state index contributed by atoms with van der Waals surface area (Å²) in [6, 6.07) is 12.6. The molecule has 0 aliphatic heterocycles. The molecule has 3 rings (SSSR count). The molecular weight excluding hydrogens is 403 g/mol. The Bertz CT molecular complexity index is 1010. The Balaban J connectivity index is 2.27. The van der Waals surface area contributed by atoms with Gasteiger partial charge in [0.1, 0.15) is 11.1 Å². The van der Waals surface area contributed by atoms with Crippen molar-refractivity contribution in [3.8, 4) is 0 Å². The van der Waals surface area contributed by atoms with Gasteiger partial charge >= 0.3 is 11.8 Å². The van der Waals surface area contributed by atoms with E-state index in [0.29, 0.717) is 5.69 Å². The second-order valence-electron chi connectivity index (χ2n) is 5.09. The number of hydrogen-bond donors (Lipinski definition) is 1. The van der Waals surface area contributed by atoms with Crippen LogP contribution in [0, 0.1) is 0 Å². The minimum Gasteiger partial charge on any atom is -0.422 e. The number of alkyl halides is 3. The van der Waals surface area contributed by atoms with E-state index in [2.05, 4.69) is 21.2 Å². The van der Waals surface area contributed by atoms with Crippen LogP contribution in [0.2, 0.25) is 0 Å². The molecule has 0 amide bonds. The molecule has 128 valence electrons. The van der Waals surface area contributed by atoms with Crippen molar-refractivity contribution in [2.24, 2.45) is 0 Å². The normalized spacial score (nSPS) is 11.5. The third-order valence-electron chi connectivity index (χ3n) is 3.41. The summed E-state index contributed by atoms with van der Waals surface area (Å²) >= 11 is 3.25. The molecule has 0 atom stereocenters. The smallest absolute Gasteiger partial charge is 0.422 e. The zero-order valence-corrected chi connectivity index (χ0v) is 13.9. The molecule has 0 aliphatic carbocycles. The summed E-state index contributed by atoms with van der Waals surface area (Å²) in [5.41, 5.74) is -2.17. The fourth-order valence-corrected chi connectivity index (χ4v) is 2.57. The van der Waals surface area contributed by atoms with Crippen LogP contribution in [0.25, 0.3) is 11.0 Å². The Kier molecular flexibility index (Phi) is 4.38. The predicted molar refractivity (Wildman–Crippen MR) is 90.3 cm³/mol. The summed E-state index contributed by atoms with van der Waals surface area (Å²) in [7, 11) is 0. The summed E-state index contributed by atoms with van der Waals surface area (Å²) in [4.78, 5) is 23.8. The lowest BCUT2D eigenvalue weighted by Gasteiger charge is -2.14. The maximum Gasteiger partial charge on any atom is 0.455 e. The zero-order chi connectivity index (χ0) is 18.2. The van der Waals surface area contributed by atoms with E-state index in [0.717, 1.165) is 4.47 Å². The van der Waals surface area contributed by atoms with Crippen molar-refractivity contribution in [2.75, 3.05) is 5.32 Å². The molecular formula is C17H9BrF3NO3. The highest BCUT2D eigenvalue weighted by Gasteiger charge is 2.43. The van der Waals surface area contributed by atoms with E-state index in [-0.39, 0.29) is 16.7 Å². The molecule has 1 aromatic heterocycles. The lowest BCUT2D eigenvalue weighted by Crippen LogP contribution is -2.29. The number of Topliss-reactive ketones (excluding diaryl/α,β-unsaturated/α-hetero) is 1. The van der Waals surface area contributed by atoms with Gasteiger partial charge in [0, 0.05) is 15.5 Å². The van der Waals surface area contributed by atoms with Gasteiger partial charge in [0.15, 0.2) is 0 Å². The average Bonchev–Trinajstić information content (AvgIpc) is 2.55. The second kappa shape index (κ2) is 6.36. The van der Waals surface area contributed by atoms with Crippen LogP contribution >= 0.6 is 15.9 Å². The maximum absolute atomic E-state index is 12.9. The number of hydrogen-bond acceptors (Lipinski definition) is 4. The van der Waals surface area contributed by atoms with Crippen molar-refractivity contribution < 1.29 is 22.4 Å². The van der Waals surface area contributed by atoms with Gasteiger partial charge in [0.05, 0.1) is 5.69 Å². The van der Waals surface area contributed by atoms with Gasteiger partial charge in [-0.25, -0.2) is 4.79 Å². The van der Waals surface area contributed by atoms with Crippen LogP contribution in [0.3, 0.4) is 0 Å². The van der Waals surface area contributed by atoms with E-state index in [1.54, 1.807) is 36.4 Å². The highest BCUT2D eigenvalue weighted by Crippen LogP contribution is 2.32. The highest BCUT2D eigenvalue weighted by molar-refractivity contribution is 9.10. The number of anilines is 2. The molecule has 0 spiro atoms. The monoisotopic (exact) mass is 411 g/mol. The van der Waals surface area contributed by atoms with Crippen molar-refractivity contribution in [3.63, 3.8) is 0 Å². The minimum absolute atomic E-state index is 0.0748. The number of fused-ring (bicyclic) bond motifs is 1. The lowest BCUT2D eigenvalue weighted by atomic mass is 10.1. The Morgan fingerprint density at radius 2 is 1.68 bits per heavy atom. The van der Waals surface area contributed by atoms with Crippen LogP contribution in [-0.4, -0.2) is 12.0 Å². The topological polar surface area (TPSA) is 59.3 Å². The molecule has 0 saturated carbocycles. The number of halogens is 4. The average molecular weight is 412 g/mol. The molecule has 8 heteroatoms. The number of para-hydroxylation sites is 1. The third-order valence-corrected chi connectivity index (χ3v) is 3.94. The molecule has 0 fully saturated rings. The van der Waals surface area contributed by atoms with E-state index in [4.69, 9.17) is 4.42 Å². The Morgan fingerprint density at radius 1 is 1.04 bits per heavy atom. The molecule has 25 heavy (non-hydrogen) atoms. The number of rotatable bonds is 3. The van der Waals surface area contributed by atoms with Gasteiger partial charge < -0.3 is 9.73 Å². The summed E-state index contributed by atoms with van der Waals surface area (Å²) in [6.07, 6.45) is -5.20. The second-order valence-corrected chi connectivity index (χ2v) is 6.01. The number of benzene rings is 2. The van der Waals surface area contributed by atoms with E-state index in [9.17, 15) is 22.8 Å². The molecule has 0 aliphatic rings. The summed E-state index contributed by atoms with van der Waals surface area (Å²) in [6.45, 7) is 0. The minimum atomic E-state index is -5.20. The number of ketones is 1. The molecule has 0 bridgehead atoms. The largest absolute Gasteiger partial charge is 0.455 e. The molecule has 4 nitrogen and oxygen atoms in total. The predicted octanol–water partition coefficient (Wildman–Crippen LogP) is 5.04. The third kappa shape index (κ3) is 3.43. The molecule has 1 N–H and O–H groups in total. The first kappa shape index (κ1) is 17.2. The van der Waals surface area contributed by atoms with Gasteiger partial charge in [-0.2, -0.15) is 13.2 Å². The van der Waals surface area contributed by atoms with Crippen molar-refractivity contribution in [3.05, 3.63) is 69.0 Å². The van der Waals surface area contributed by atoms with Crippen LogP contribution in [0.5, 0.6) is 0 Å².